The summed E-state index contributed by atoms with van der Waals surface area (Å²) in [4.78, 5) is 25.4. The fraction of sp³-hybridized carbons (Fsp3) is 0.432. The Hall–Kier alpha value is -4.85. The van der Waals surface area contributed by atoms with Crippen LogP contribution in [0.15, 0.2) is 49.0 Å². The average molecular weight is 713 g/mol. The van der Waals surface area contributed by atoms with Gasteiger partial charge < -0.3 is 28.6 Å². The number of carbonyl (C=O) groups excluding carboxylic acids is 1. The molecule has 2 aliphatic rings. The van der Waals surface area contributed by atoms with Crippen molar-refractivity contribution in [3.63, 3.8) is 0 Å². The minimum atomic E-state index is -4.69. The van der Waals surface area contributed by atoms with Gasteiger partial charge in [-0.25, -0.2) is 9.18 Å². The van der Waals surface area contributed by atoms with E-state index in [9.17, 15) is 18.0 Å². The van der Waals surface area contributed by atoms with Crippen LogP contribution in [-0.2, 0) is 14.2 Å². The Labute approximate surface area is 292 Å². The lowest BCUT2D eigenvalue weighted by Gasteiger charge is -2.42. The number of methoxy groups -OCH3 is 1. The zero-order chi connectivity index (χ0) is 36.7. The summed E-state index contributed by atoms with van der Waals surface area (Å²) >= 11 is 0. The molecule has 2 aliphatic heterocycles. The fourth-order valence-corrected chi connectivity index (χ4v) is 6.77. The van der Waals surface area contributed by atoms with Crippen molar-refractivity contribution in [3.05, 3.63) is 60.4 Å². The van der Waals surface area contributed by atoms with Gasteiger partial charge in [0.05, 0.1) is 18.7 Å². The number of benzene rings is 3. The molecule has 0 N–H and O–H groups in total. The van der Waals surface area contributed by atoms with E-state index in [1.807, 2.05) is 29.2 Å². The lowest BCUT2D eigenvalue weighted by atomic mass is 9.91. The van der Waals surface area contributed by atoms with E-state index in [2.05, 4.69) is 16.5 Å². The van der Waals surface area contributed by atoms with Gasteiger partial charge in [0.2, 0.25) is 0 Å². The molecule has 2 atom stereocenters. The number of aromatic nitrogens is 2. The summed E-state index contributed by atoms with van der Waals surface area (Å²) in [6.45, 7) is 10.3. The summed E-state index contributed by atoms with van der Waals surface area (Å²) in [5, 5.41) is 1.63. The van der Waals surface area contributed by atoms with Crippen molar-refractivity contribution in [2.45, 2.75) is 64.4 Å². The molecule has 14 heteroatoms. The third-order valence-electron chi connectivity index (χ3n) is 8.71. The molecule has 1 amide bonds. The minimum Gasteiger partial charge on any atom is -0.494 e. The van der Waals surface area contributed by atoms with Crippen molar-refractivity contribution >= 4 is 39.3 Å². The molecule has 3 heterocycles. The number of carbonyl (C=O) groups is 1. The Kier molecular flexibility index (Phi) is 9.90. The second-order valence-electron chi connectivity index (χ2n) is 13.5. The lowest BCUT2D eigenvalue weighted by Crippen LogP contribution is -2.57. The van der Waals surface area contributed by atoms with E-state index >= 15 is 4.39 Å². The van der Waals surface area contributed by atoms with Gasteiger partial charge in [0.25, 0.3) is 0 Å². The second-order valence-corrected chi connectivity index (χ2v) is 13.5. The van der Waals surface area contributed by atoms with Gasteiger partial charge in [-0.1, -0.05) is 30.8 Å². The van der Waals surface area contributed by atoms with Gasteiger partial charge in [-0.05, 0) is 75.1 Å². The molecule has 0 unspecified atom stereocenters. The van der Waals surface area contributed by atoms with Crippen molar-refractivity contribution in [1.82, 2.24) is 14.9 Å². The van der Waals surface area contributed by atoms with E-state index in [4.69, 9.17) is 23.7 Å². The van der Waals surface area contributed by atoms with Gasteiger partial charge >= 0.3 is 18.3 Å². The van der Waals surface area contributed by atoms with E-state index in [1.54, 1.807) is 50.8 Å². The molecule has 10 nitrogen and oxygen atoms in total. The van der Waals surface area contributed by atoms with Gasteiger partial charge in [-0.2, -0.15) is 23.1 Å². The molecule has 0 saturated carbocycles. The number of nitrogens with zero attached hydrogens (tertiary/aromatic N) is 4. The Balaban J connectivity index is 1.55. The summed E-state index contributed by atoms with van der Waals surface area (Å²) in [5.74, 6) is -0.114. The molecule has 0 radical (unpaired) electrons. The molecule has 2 fully saturated rings. The van der Waals surface area contributed by atoms with Crippen LogP contribution in [0, 0.1) is 5.82 Å². The quantitative estimate of drug-likeness (QED) is 0.0918. The Morgan fingerprint density at radius 1 is 1.00 bits per heavy atom. The molecular weight excluding hydrogens is 672 g/mol. The molecule has 3 aromatic carbocycles. The number of anilines is 1. The van der Waals surface area contributed by atoms with Crippen LogP contribution < -0.4 is 14.4 Å². The predicted molar refractivity (Wildman–Crippen MR) is 184 cm³/mol. The number of hydrogen-bond acceptors (Lipinski definition) is 9. The monoisotopic (exact) mass is 712 g/mol. The fourth-order valence-electron chi connectivity index (χ4n) is 6.77. The van der Waals surface area contributed by atoms with Crippen LogP contribution in [0.5, 0.6) is 11.8 Å². The zero-order valence-corrected chi connectivity index (χ0v) is 29.1. The number of rotatable bonds is 10. The van der Waals surface area contributed by atoms with Crippen molar-refractivity contribution in [3.8, 4) is 22.9 Å². The van der Waals surface area contributed by atoms with Gasteiger partial charge in [-0.3, -0.25) is 4.90 Å². The number of hydrogen-bond donors (Lipinski definition) is 0. The van der Waals surface area contributed by atoms with Crippen molar-refractivity contribution < 1.29 is 46.0 Å². The topological polar surface area (TPSA) is 95.5 Å². The van der Waals surface area contributed by atoms with Crippen molar-refractivity contribution in [2.75, 3.05) is 45.1 Å². The third-order valence-corrected chi connectivity index (χ3v) is 8.71. The summed E-state index contributed by atoms with van der Waals surface area (Å²) in [5.41, 5.74) is -0.191. The molecule has 2 saturated heterocycles. The summed E-state index contributed by atoms with van der Waals surface area (Å²) < 4.78 is 84.9. The Morgan fingerprint density at radius 2 is 1.71 bits per heavy atom. The third kappa shape index (κ3) is 7.60. The molecule has 0 spiro atoms. The Bertz CT molecular complexity index is 1950. The predicted octanol–water partition coefficient (Wildman–Crippen LogP) is 8.11. The van der Waals surface area contributed by atoms with Crippen molar-refractivity contribution in [2.24, 2.45) is 0 Å². The molecule has 2 bridgehead atoms. The standard InChI is InChI=1S/C37H40F4N4O6/c1-7-48-21(2)27-16-29-32(31(38)30(27)28-15-25(50-20-47-6)14-22-10-8-9-11-26(22)28)42-34(49-19-37(39,40)41)43-33(29)44-17-23-12-13-24(18-44)45(23)35(46)51-36(3,4)5/h8-11,14-16,23-24H,2,7,12-13,17-20H2,1,3-6H3/t23-,24+. The van der Waals surface area contributed by atoms with E-state index in [-0.39, 0.29) is 66.6 Å². The summed E-state index contributed by atoms with van der Waals surface area (Å²) in [6, 6.07) is 11.2. The van der Waals surface area contributed by atoms with Crippen LogP contribution in [0.1, 0.15) is 46.1 Å². The molecule has 4 aromatic rings. The van der Waals surface area contributed by atoms with Crippen LogP contribution in [-0.4, -0.2) is 85.0 Å². The number of amides is 1. The molecule has 272 valence electrons. The first-order valence-electron chi connectivity index (χ1n) is 16.6. The number of alkyl halides is 3. The van der Waals surface area contributed by atoms with Crippen LogP contribution in [0.25, 0.3) is 38.6 Å². The maximum atomic E-state index is 17.4. The first kappa shape index (κ1) is 36.0. The highest BCUT2D eigenvalue weighted by molar-refractivity contribution is 6.04. The maximum absolute atomic E-state index is 17.4. The normalized spacial score (nSPS) is 17.6. The lowest BCUT2D eigenvalue weighted by molar-refractivity contribution is -0.154. The molecule has 51 heavy (non-hydrogen) atoms. The van der Waals surface area contributed by atoms with Gasteiger partial charge in [-0.15, -0.1) is 0 Å². The van der Waals surface area contributed by atoms with E-state index < -0.39 is 36.3 Å². The van der Waals surface area contributed by atoms with Gasteiger partial charge in [0, 0.05) is 36.7 Å². The highest BCUT2D eigenvalue weighted by Gasteiger charge is 2.45. The van der Waals surface area contributed by atoms with E-state index in [0.29, 0.717) is 35.1 Å². The van der Waals surface area contributed by atoms with E-state index in [0.717, 1.165) is 5.39 Å². The Morgan fingerprint density at radius 3 is 2.35 bits per heavy atom. The van der Waals surface area contributed by atoms with E-state index in [1.165, 1.54) is 7.11 Å². The first-order valence-corrected chi connectivity index (χ1v) is 16.6. The second kappa shape index (κ2) is 14.0. The van der Waals surface area contributed by atoms with Gasteiger partial charge in [0.15, 0.2) is 19.2 Å². The van der Waals surface area contributed by atoms with Crippen LogP contribution >= 0.6 is 0 Å². The molecule has 0 aliphatic carbocycles. The molecule has 1 aromatic heterocycles. The number of fused-ring (bicyclic) bond motifs is 4. The average Bonchev–Trinajstić information content (AvgIpc) is 3.34. The summed E-state index contributed by atoms with van der Waals surface area (Å²) in [6.07, 6.45) is -3.77. The maximum Gasteiger partial charge on any atom is 0.422 e. The van der Waals surface area contributed by atoms with Gasteiger partial charge in [0.1, 0.15) is 28.4 Å². The zero-order valence-electron chi connectivity index (χ0n) is 29.1. The first-order chi connectivity index (χ1) is 24.2. The van der Waals surface area contributed by atoms with Crippen LogP contribution in [0.2, 0.25) is 0 Å². The molecule has 6 rings (SSSR count). The molecular formula is C37H40F4N4O6. The van der Waals surface area contributed by atoms with Crippen molar-refractivity contribution in [1.29, 1.82) is 0 Å². The smallest absolute Gasteiger partial charge is 0.422 e. The highest BCUT2D eigenvalue weighted by atomic mass is 19.4. The largest absolute Gasteiger partial charge is 0.494 e. The van der Waals surface area contributed by atoms with Crippen LogP contribution in [0.4, 0.5) is 28.2 Å². The highest BCUT2D eigenvalue weighted by Crippen LogP contribution is 2.44. The summed E-state index contributed by atoms with van der Waals surface area (Å²) in [7, 11) is 1.48. The SMILES string of the molecule is C=C(OCC)c1cc2c(N3C[C@H]4CC[C@@H](C3)N4C(=O)OC(C)(C)C)nc(OCC(F)(F)F)nc2c(F)c1-c1cc(OCOC)cc2ccccc12. The number of halogens is 4. The van der Waals surface area contributed by atoms with Crippen LogP contribution in [0.3, 0.4) is 0 Å². The number of ether oxygens (including phenoxy) is 5. The number of piperazine rings is 1. The minimum absolute atomic E-state index is 0.0567.